The van der Waals surface area contributed by atoms with Gasteiger partial charge in [0.05, 0.1) is 13.5 Å². The Morgan fingerprint density at radius 1 is 1.19 bits per heavy atom. The molecule has 2 rings (SSSR count). The zero-order valence-electron chi connectivity index (χ0n) is 16.4. The van der Waals surface area contributed by atoms with Crippen LogP contribution in [0.25, 0.3) is 0 Å². The van der Waals surface area contributed by atoms with Crippen molar-refractivity contribution in [1.82, 2.24) is 9.80 Å². The number of benzene rings is 1. The molecule has 0 aromatic heterocycles. The largest absolute Gasteiger partial charge is 0.497 e. The summed E-state index contributed by atoms with van der Waals surface area (Å²) >= 11 is 5.41. The van der Waals surface area contributed by atoms with E-state index in [9.17, 15) is 9.59 Å². The predicted octanol–water partition coefficient (Wildman–Crippen LogP) is 3.42. The third-order valence-corrected chi connectivity index (χ3v) is 5.29. The second kappa shape index (κ2) is 10.3. The lowest BCUT2D eigenvalue weighted by atomic mass is 10.1. The molecular formula is C20H29N3O3S. The molecule has 7 heteroatoms. The first-order chi connectivity index (χ1) is 13.0. The van der Waals surface area contributed by atoms with Gasteiger partial charge in [-0.15, -0.1) is 0 Å². The molecule has 0 aliphatic carbocycles. The van der Waals surface area contributed by atoms with E-state index < -0.39 is 6.04 Å². The van der Waals surface area contributed by atoms with E-state index in [0.717, 1.165) is 18.6 Å². The Balaban J connectivity index is 1.94. The van der Waals surface area contributed by atoms with Gasteiger partial charge in [0, 0.05) is 19.3 Å². The Labute approximate surface area is 166 Å². The summed E-state index contributed by atoms with van der Waals surface area (Å²) in [5.41, 5.74) is 0.674. The van der Waals surface area contributed by atoms with Crippen molar-refractivity contribution in [3.8, 4) is 5.75 Å². The predicted molar refractivity (Wildman–Crippen MR) is 111 cm³/mol. The van der Waals surface area contributed by atoms with Gasteiger partial charge in [0.15, 0.2) is 5.11 Å². The summed E-state index contributed by atoms with van der Waals surface area (Å²) < 4.78 is 5.11. The van der Waals surface area contributed by atoms with Crippen LogP contribution in [0.2, 0.25) is 0 Å². The number of thiocarbonyl (C=S) groups is 1. The van der Waals surface area contributed by atoms with Gasteiger partial charge in [-0.2, -0.15) is 0 Å². The van der Waals surface area contributed by atoms with Crippen LogP contribution < -0.4 is 10.1 Å². The molecule has 27 heavy (non-hydrogen) atoms. The molecule has 1 heterocycles. The van der Waals surface area contributed by atoms with Crippen LogP contribution in [0.1, 0.15) is 45.4 Å². The summed E-state index contributed by atoms with van der Waals surface area (Å²) in [7, 11) is 3.27. The molecule has 0 spiro atoms. The Morgan fingerprint density at radius 3 is 2.48 bits per heavy atom. The molecule has 0 saturated carbocycles. The minimum atomic E-state index is -0.521. The van der Waals surface area contributed by atoms with E-state index in [1.54, 1.807) is 38.4 Å². The summed E-state index contributed by atoms with van der Waals surface area (Å²) in [4.78, 5) is 28.4. The van der Waals surface area contributed by atoms with Gasteiger partial charge in [0.25, 0.3) is 5.91 Å². The van der Waals surface area contributed by atoms with Gasteiger partial charge < -0.3 is 15.0 Å². The molecule has 1 atom stereocenters. The second-order valence-electron chi connectivity index (χ2n) is 6.78. The number of hydrogen-bond acceptors (Lipinski definition) is 4. The van der Waals surface area contributed by atoms with Crippen molar-refractivity contribution in [2.45, 2.75) is 51.5 Å². The monoisotopic (exact) mass is 391 g/mol. The van der Waals surface area contributed by atoms with E-state index in [-0.39, 0.29) is 18.2 Å². The van der Waals surface area contributed by atoms with Crippen LogP contribution in [0.15, 0.2) is 24.3 Å². The minimum absolute atomic E-state index is 0.0876. The summed E-state index contributed by atoms with van der Waals surface area (Å²) in [6, 6.07) is 6.58. The van der Waals surface area contributed by atoms with E-state index >= 15 is 0 Å². The SMILES string of the molecule is CCCCCCCN1C(=S)N(C)C(=O)C1CC(=O)Nc1ccc(OC)cc1. The molecule has 1 unspecified atom stereocenters. The number of nitrogens with zero attached hydrogens (tertiary/aromatic N) is 2. The molecule has 0 radical (unpaired) electrons. The van der Waals surface area contributed by atoms with Gasteiger partial charge in [0.2, 0.25) is 5.91 Å². The second-order valence-corrected chi connectivity index (χ2v) is 7.15. The van der Waals surface area contributed by atoms with Crippen LogP contribution in [0.5, 0.6) is 5.75 Å². The summed E-state index contributed by atoms with van der Waals surface area (Å²) in [5.74, 6) is 0.409. The van der Waals surface area contributed by atoms with Gasteiger partial charge in [-0.25, -0.2) is 0 Å². The molecule has 6 nitrogen and oxygen atoms in total. The Bertz CT molecular complexity index is 663. The molecule has 1 aliphatic heterocycles. The van der Waals surface area contributed by atoms with Gasteiger partial charge in [-0.3, -0.25) is 14.5 Å². The lowest BCUT2D eigenvalue weighted by Crippen LogP contribution is -2.38. The zero-order chi connectivity index (χ0) is 19.8. The van der Waals surface area contributed by atoms with E-state index in [1.165, 1.54) is 24.2 Å². The third kappa shape index (κ3) is 5.66. The average molecular weight is 392 g/mol. The first kappa shape index (κ1) is 21.2. The fourth-order valence-electron chi connectivity index (χ4n) is 3.17. The number of carbonyl (C=O) groups excluding carboxylic acids is 2. The number of ether oxygens (including phenoxy) is 1. The standard InChI is InChI=1S/C20H29N3O3S/c1-4-5-6-7-8-13-23-17(19(25)22(2)20(23)27)14-18(24)21-15-9-11-16(26-3)12-10-15/h9-12,17H,4-8,13-14H2,1-3H3,(H,21,24). The smallest absolute Gasteiger partial charge is 0.251 e. The van der Waals surface area contributed by atoms with Crippen molar-refractivity contribution in [2.24, 2.45) is 0 Å². The number of carbonyl (C=O) groups is 2. The number of methoxy groups -OCH3 is 1. The lowest BCUT2D eigenvalue weighted by molar-refractivity contribution is -0.130. The van der Waals surface area contributed by atoms with Crippen LogP contribution in [0, 0.1) is 0 Å². The summed E-state index contributed by atoms with van der Waals surface area (Å²) in [6.07, 6.45) is 5.76. The van der Waals surface area contributed by atoms with Gasteiger partial charge >= 0.3 is 0 Å². The molecule has 1 fully saturated rings. The summed E-state index contributed by atoms with van der Waals surface area (Å²) in [5, 5.41) is 3.35. The number of hydrogen-bond donors (Lipinski definition) is 1. The number of unbranched alkanes of at least 4 members (excludes halogenated alkanes) is 4. The van der Waals surface area contributed by atoms with Gasteiger partial charge in [-0.05, 0) is 42.9 Å². The number of likely N-dealkylation sites (N-methyl/N-ethyl adjacent to an activating group) is 1. The highest BCUT2D eigenvalue weighted by molar-refractivity contribution is 7.80. The molecule has 1 N–H and O–H groups in total. The quantitative estimate of drug-likeness (QED) is 0.489. The topological polar surface area (TPSA) is 61.9 Å². The molecule has 0 bridgehead atoms. The maximum Gasteiger partial charge on any atom is 0.251 e. The van der Waals surface area contributed by atoms with E-state index in [4.69, 9.17) is 17.0 Å². The lowest BCUT2D eigenvalue weighted by Gasteiger charge is -2.23. The van der Waals surface area contributed by atoms with E-state index in [0.29, 0.717) is 17.3 Å². The highest BCUT2D eigenvalue weighted by Crippen LogP contribution is 2.22. The molecule has 1 aliphatic rings. The van der Waals surface area contributed by atoms with Crippen LogP contribution in [0.4, 0.5) is 5.69 Å². The Hall–Kier alpha value is -2.15. The van der Waals surface area contributed by atoms with Crippen molar-refractivity contribution in [3.63, 3.8) is 0 Å². The first-order valence-corrected chi connectivity index (χ1v) is 9.90. The average Bonchev–Trinajstić information content (AvgIpc) is 2.86. The number of nitrogens with one attached hydrogen (secondary N) is 1. The number of amides is 2. The number of rotatable bonds is 10. The molecule has 1 aromatic rings. The molecule has 1 saturated heterocycles. The van der Waals surface area contributed by atoms with Crippen molar-refractivity contribution >= 4 is 34.8 Å². The summed E-state index contributed by atoms with van der Waals surface area (Å²) in [6.45, 7) is 2.89. The van der Waals surface area contributed by atoms with E-state index in [2.05, 4.69) is 12.2 Å². The van der Waals surface area contributed by atoms with Crippen molar-refractivity contribution in [2.75, 3.05) is 26.0 Å². The van der Waals surface area contributed by atoms with Crippen LogP contribution in [-0.2, 0) is 9.59 Å². The zero-order valence-corrected chi connectivity index (χ0v) is 17.2. The molecular weight excluding hydrogens is 362 g/mol. The Morgan fingerprint density at radius 2 is 1.85 bits per heavy atom. The van der Waals surface area contributed by atoms with Crippen LogP contribution in [0.3, 0.4) is 0 Å². The normalized spacial score (nSPS) is 16.8. The molecule has 2 amide bonds. The molecule has 148 valence electrons. The fourth-order valence-corrected chi connectivity index (χ4v) is 3.48. The van der Waals surface area contributed by atoms with E-state index in [1.807, 2.05) is 4.90 Å². The highest BCUT2D eigenvalue weighted by Gasteiger charge is 2.40. The van der Waals surface area contributed by atoms with Crippen LogP contribution in [-0.4, -0.2) is 53.5 Å². The third-order valence-electron chi connectivity index (χ3n) is 4.78. The maximum atomic E-state index is 12.5. The highest BCUT2D eigenvalue weighted by atomic mass is 32.1. The van der Waals surface area contributed by atoms with Crippen LogP contribution >= 0.6 is 12.2 Å². The fraction of sp³-hybridized carbons (Fsp3) is 0.550. The molecule has 1 aromatic carbocycles. The van der Waals surface area contributed by atoms with Crippen molar-refractivity contribution in [3.05, 3.63) is 24.3 Å². The minimum Gasteiger partial charge on any atom is -0.497 e. The maximum absolute atomic E-state index is 12.5. The van der Waals surface area contributed by atoms with Gasteiger partial charge in [0.1, 0.15) is 11.8 Å². The van der Waals surface area contributed by atoms with Crippen molar-refractivity contribution in [1.29, 1.82) is 0 Å². The number of anilines is 1. The van der Waals surface area contributed by atoms with Gasteiger partial charge in [-0.1, -0.05) is 32.6 Å². The first-order valence-electron chi connectivity index (χ1n) is 9.50. The Kier molecular flexibility index (Phi) is 8.03. The van der Waals surface area contributed by atoms with Crippen molar-refractivity contribution < 1.29 is 14.3 Å².